The van der Waals surface area contributed by atoms with E-state index in [4.69, 9.17) is 0 Å². The Morgan fingerprint density at radius 1 is 0.178 bits per heavy atom. The molecule has 0 saturated heterocycles. The zero-order valence-corrected chi connectivity index (χ0v) is 77.8. The SMILES string of the molecule is CC1(C)c2ccccc2-c2ccc(N(c3ccc(-c4ccc(C5CCCCC5)cc4)cc3)c3ccc(C4CCCCC4)cc3)cc21.CC1(C)c2ccccc2-c2ccc(N(c3ccc(C4CCCCC4)cc3)c3ccc(C4CCCCC4)cc3)cc21.c1ccc2c(c1)-c1ccc(N(c3ccc(C4CCCCC4)cc3)c3ccc(C4CCCCC4)cc3)cc1C21CCCCC1. The smallest absolute Gasteiger partial charge is 0.0465 e. The van der Waals surface area contributed by atoms with E-state index in [2.05, 4.69) is 340 Å². The topological polar surface area (TPSA) is 9.72 Å². The first-order chi connectivity index (χ1) is 63.5. The highest BCUT2D eigenvalue weighted by molar-refractivity contribution is 5.90. The van der Waals surface area contributed by atoms with Gasteiger partial charge in [-0.05, 0) is 346 Å². The fourth-order valence-electron chi connectivity index (χ4n) is 26.1. The van der Waals surface area contributed by atoms with Gasteiger partial charge in [0.15, 0.2) is 0 Å². The molecule has 13 aromatic rings. The number of hydrogen-bond donors (Lipinski definition) is 0. The zero-order chi connectivity index (χ0) is 86.8. The second-order valence-corrected chi connectivity index (χ2v) is 41.9. The van der Waals surface area contributed by atoms with Crippen molar-refractivity contribution in [1.82, 2.24) is 0 Å². The van der Waals surface area contributed by atoms with Gasteiger partial charge in [0.25, 0.3) is 0 Å². The van der Waals surface area contributed by atoms with Crippen molar-refractivity contribution in [2.45, 2.75) is 304 Å². The number of anilines is 9. The Labute approximate surface area is 773 Å². The van der Waals surface area contributed by atoms with Crippen LogP contribution in [0, 0.1) is 0 Å². The van der Waals surface area contributed by atoms with Crippen molar-refractivity contribution in [2.24, 2.45) is 0 Å². The third kappa shape index (κ3) is 17.2. The number of fused-ring (bicyclic) bond motifs is 11. The van der Waals surface area contributed by atoms with Gasteiger partial charge in [-0.1, -0.05) is 351 Å². The predicted molar refractivity (Wildman–Crippen MR) is 548 cm³/mol. The van der Waals surface area contributed by atoms with Crippen molar-refractivity contribution in [3.63, 3.8) is 0 Å². The quantitative estimate of drug-likeness (QED) is 0.0955. The summed E-state index contributed by atoms with van der Waals surface area (Å²) in [5.41, 5.74) is 40.3. The first-order valence-corrected chi connectivity index (χ1v) is 51.3. The first-order valence-electron chi connectivity index (χ1n) is 51.3. The molecule has 13 aromatic carbocycles. The average Bonchev–Trinajstić information content (AvgIpc) is 1.59. The molecule has 0 aromatic heterocycles. The van der Waals surface area contributed by atoms with Crippen LogP contribution < -0.4 is 14.7 Å². The van der Waals surface area contributed by atoms with E-state index in [0.717, 1.165) is 29.6 Å². The fourth-order valence-corrected chi connectivity index (χ4v) is 26.1. The third-order valence-electron chi connectivity index (χ3n) is 33.5. The molecule has 0 radical (unpaired) electrons. The molecular formula is C126H137N3. The minimum Gasteiger partial charge on any atom is -0.310 e. The van der Waals surface area contributed by atoms with Crippen molar-refractivity contribution in [1.29, 1.82) is 0 Å². The molecular weight excluding hydrogens is 1560 g/mol. The van der Waals surface area contributed by atoms with E-state index >= 15 is 0 Å². The summed E-state index contributed by atoms with van der Waals surface area (Å²) in [4.78, 5) is 7.48. The second-order valence-electron chi connectivity index (χ2n) is 41.9. The lowest BCUT2D eigenvalue weighted by Crippen LogP contribution is -2.28. The van der Waals surface area contributed by atoms with E-state index in [1.807, 2.05) is 0 Å². The van der Waals surface area contributed by atoms with Crippen LogP contribution in [0.5, 0.6) is 0 Å². The van der Waals surface area contributed by atoms with Crippen LogP contribution in [-0.4, -0.2) is 0 Å². The van der Waals surface area contributed by atoms with Gasteiger partial charge < -0.3 is 14.7 Å². The summed E-state index contributed by atoms with van der Waals surface area (Å²) in [5, 5.41) is 0. The normalized spacial score (nSPS) is 18.9. The maximum atomic E-state index is 2.57. The van der Waals surface area contributed by atoms with Crippen LogP contribution in [0.4, 0.5) is 51.2 Å². The van der Waals surface area contributed by atoms with Gasteiger partial charge in [-0.3, -0.25) is 0 Å². The van der Waals surface area contributed by atoms with E-state index in [1.165, 1.54) is 376 Å². The van der Waals surface area contributed by atoms with E-state index in [1.54, 1.807) is 11.1 Å². The molecule has 129 heavy (non-hydrogen) atoms. The Kier molecular flexibility index (Phi) is 24.8. The molecule has 3 heteroatoms. The molecule has 23 rings (SSSR count). The lowest BCUT2D eigenvalue weighted by atomic mass is 9.68. The summed E-state index contributed by atoms with van der Waals surface area (Å²) in [6.07, 6.45) is 47.5. The van der Waals surface area contributed by atoms with Crippen molar-refractivity contribution in [3.05, 3.63) is 364 Å². The van der Waals surface area contributed by atoms with Crippen molar-refractivity contribution in [3.8, 4) is 44.5 Å². The minimum atomic E-state index is -0.0356. The average molecular weight is 1690 g/mol. The van der Waals surface area contributed by atoms with Crippen molar-refractivity contribution < 1.29 is 0 Å². The van der Waals surface area contributed by atoms with Gasteiger partial charge in [0, 0.05) is 67.4 Å². The highest BCUT2D eigenvalue weighted by Crippen LogP contribution is 2.59. The van der Waals surface area contributed by atoms with Gasteiger partial charge >= 0.3 is 0 Å². The maximum absolute atomic E-state index is 2.57. The molecule has 0 atom stereocenters. The number of rotatable bonds is 16. The zero-order valence-electron chi connectivity index (χ0n) is 77.8. The summed E-state index contributed by atoms with van der Waals surface area (Å²) in [7, 11) is 0. The van der Waals surface area contributed by atoms with Gasteiger partial charge in [-0.25, -0.2) is 0 Å². The Bertz CT molecular complexity index is 5860. The lowest BCUT2D eigenvalue weighted by molar-refractivity contribution is 0.353. The van der Waals surface area contributed by atoms with Gasteiger partial charge in [-0.2, -0.15) is 0 Å². The highest BCUT2D eigenvalue weighted by Gasteiger charge is 2.45. The monoisotopic (exact) mass is 1690 g/mol. The molecule has 7 fully saturated rings. The van der Waals surface area contributed by atoms with Gasteiger partial charge in [0.1, 0.15) is 0 Å². The van der Waals surface area contributed by atoms with Gasteiger partial charge in [0.2, 0.25) is 0 Å². The van der Waals surface area contributed by atoms with Crippen molar-refractivity contribution >= 4 is 51.2 Å². The number of hydrogen-bond acceptors (Lipinski definition) is 3. The third-order valence-corrected chi connectivity index (χ3v) is 33.5. The number of nitrogens with zero attached hydrogens (tertiary/aromatic N) is 3. The van der Waals surface area contributed by atoms with Crippen LogP contribution in [0.15, 0.2) is 297 Å². The molecule has 0 N–H and O–H groups in total. The predicted octanol–water partition coefficient (Wildman–Crippen LogP) is 37.3. The van der Waals surface area contributed by atoms with Crippen LogP contribution >= 0.6 is 0 Å². The maximum Gasteiger partial charge on any atom is 0.0465 e. The summed E-state index contributed by atoms with van der Waals surface area (Å²) in [5.74, 6) is 4.37. The molecule has 656 valence electrons. The molecule has 3 nitrogen and oxygen atoms in total. The van der Waals surface area contributed by atoms with Gasteiger partial charge in [0.05, 0.1) is 0 Å². The molecule has 10 aliphatic carbocycles. The second kappa shape index (κ2) is 37.6. The van der Waals surface area contributed by atoms with Gasteiger partial charge in [-0.15, -0.1) is 0 Å². The fraction of sp³-hybridized carbons (Fsp3) is 0.381. The van der Waals surface area contributed by atoms with E-state index in [-0.39, 0.29) is 16.2 Å². The van der Waals surface area contributed by atoms with Crippen LogP contribution in [0.25, 0.3) is 44.5 Å². The van der Waals surface area contributed by atoms with Crippen LogP contribution in [0.2, 0.25) is 0 Å². The Morgan fingerprint density at radius 3 is 0.667 bits per heavy atom. The summed E-state index contributed by atoms with van der Waals surface area (Å²) < 4.78 is 0. The summed E-state index contributed by atoms with van der Waals surface area (Å²) >= 11 is 0. The highest BCUT2D eigenvalue weighted by atomic mass is 15.2. The van der Waals surface area contributed by atoms with Crippen LogP contribution in [-0.2, 0) is 16.2 Å². The largest absolute Gasteiger partial charge is 0.310 e. The number of benzene rings is 13. The molecule has 0 bridgehead atoms. The molecule has 0 unspecified atom stereocenters. The molecule has 1 spiro atoms. The molecule has 0 aliphatic heterocycles. The van der Waals surface area contributed by atoms with Crippen molar-refractivity contribution in [2.75, 3.05) is 14.7 Å². The van der Waals surface area contributed by atoms with E-state index < -0.39 is 0 Å². The minimum absolute atomic E-state index is 0.0106. The first kappa shape index (κ1) is 85.1. The standard InChI is InChI=1S/C45H47N.C42H47N.C39H43N/c1-45(2)43-16-10-9-15-41(43)42-30-29-40(31-44(42)45)46(38-25-21-36(22-26-38)33-13-7-4-8-14-33)39-27-23-37(24-28-39)35-19-17-34(18-20-35)32-11-5-3-6-12-32;1-4-12-31(13-5-1)33-18-22-35(23-19-33)43(36-24-20-34(21-25-36)32-14-6-2-7-15-32)37-26-27-39-38-16-8-9-17-40(38)42(41(39)30-37)28-10-3-11-29-42;1-39(2)37-16-10-9-15-35(37)36-26-25-34(27-38(36)39)40(32-21-17-30(18-22-32)28-11-5-3-6-12-28)33-23-19-31(20-24-33)29-13-7-4-8-14-29/h9-10,15-33H,3-8,11-14H2,1-2H3;8-9,16-27,30-32H,1-7,10-15,28-29H2;9-10,15-29H,3-8,11-14H2,1-2H3. The van der Waals surface area contributed by atoms with E-state index in [0.29, 0.717) is 5.92 Å². The Balaban J connectivity index is 0.000000118. The van der Waals surface area contributed by atoms with Crippen LogP contribution in [0.1, 0.15) is 355 Å². The van der Waals surface area contributed by atoms with E-state index in [9.17, 15) is 0 Å². The summed E-state index contributed by atoms with van der Waals surface area (Å²) in [6, 6.07) is 115. The molecule has 7 saturated carbocycles. The Hall–Kier alpha value is -10.7. The van der Waals surface area contributed by atoms with Crippen LogP contribution in [0.3, 0.4) is 0 Å². The summed E-state index contributed by atoms with van der Waals surface area (Å²) in [6.45, 7) is 9.51. The molecule has 10 aliphatic rings. The Morgan fingerprint density at radius 2 is 0.380 bits per heavy atom. The molecule has 0 amide bonds. The lowest BCUT2D eigenvalue weighted by Gasteiger charge is -2.36. The molecule has 0 heterocycles.